The van der Waals surface area contributed by atoms with Crippen molar-refractivity contribution in [1.82, 2.24) is 0 Å². The van der Waals surface area contributed by atoms with E-state index in [9.17, 15) is 12.8 Å². The summed E-state index contributed by atoms with van der Waals surface area (Å²) in [5.74, 6) is 0.326. The Hall–Kier alpha value is -3.19. The van der Waals surface area contributed by atoms with Gasteiger partial charge in [-0.3, -0.25) is 9.71 Å². The van der Waals surface area contributed by atoms with E-state index in [0.717, 1.165) is 11.3 Å². The largest absolute Gasteiger partial charge is 0.497 e. The molecule has 0 atom stereocenters. The molecular weight excluding hydrogens is 367 g/mol. The first kappa shape index (κ1) is 18.6. The summed E-state index contributed by atoms with van der Waals surface area (Å²) in [4.78, 5) is 4.42. The third-order valence-electron chi connectivity index (χ3n) is 3.72. The normalized spacial score (nSPS) is 11.5. The third-order valence-corrected chi connectivity index (χ3v) is 5.12. The van der Waals surface area contributed by atoms with Crippen LogP contribution in [0.2, 0.25) is 0 Å². The molecule has 5 nitrogen and oxygen atoms in total. The van der Waals surface area contributed by atoms with Gasteiger partial charge in [0.2, 0.25) is 0 Å². The topological polar surface area (TPSA) is 67.8 Å². The van der Waals surface area contributed by atoms with Gasteiger partial charge in [-0.05, 0) is 78.4 Å². The second kappa shape index (κ2) is 8.01. The minimum Gasteiger partial charge on any atom is -0.497 e. The van der Waals surface area contributed by atoms with Gasteiger partial charge in [-0.1, -0.05) is 0 Å². The Morgan fingerprint density at radius 2 is 1.56 bits per heavy atom. The van der Waals surface area contributed by atoms with Gasteiger partial charge in [0.25, 0.3) is 10.0 Å². The van der Waals surface area contributed by atoms with Crippen LogP contribution < -0.4 is 9.46 Å². The number of nitrogens with zero attached hydrogens (tertiary/aromatic N) is 1. The fourth-order valence-corrected chi connectivity index (χ4v) is 3.34. The first-order valence-corrected chi connectivity index (χ1v) is 9.51. The Labute approximate surface area is 157 Å². The summed E-state index contributed by atoms with van der Waals surface area (Å²) in [7, 11) is -2.16. The van der Waals surface area contributed by atoms with E-state index in [1.807, 2.05) is 24.3 Å². The van der Waals surface area contributed by atoms with Crippen molar-refractivity contribution in [3.63, 3.8) is 0 Å². The molecular formula is C20H17FN2O3S. The highest BCUT2D eigenvalue weighted by molar-refractivity contribution is 7.92. The lowest BCUT2D eigenvalue weighted by Gasteiger charge is -2.08. The predicted octanol–water partition coefficient (Wildman–Crippen LogP) is 4.39. The number of anilines is 1. The molecule has 0 amide bonds. The number of methoxy groups -OCH3 is 1. The highest BCUT2D eigenvalue weighted by atomic mass is 32.2. The maximum Gasteiger partial charge on any atom is 0.261 e. The van der Waals surface area contributed by atoms with Crippen LogP contribution in [0, 0.1) is 5.82 Å². The van der Waals surface area contributed by atoms with E-state index in [-0.39, 0.29) is 10.6 Å². The molecule has 0 saturated heterocycles. The van der Waals surface area contributed by atoms with Crippen LogP contribution in [0.4, 0.5) is 15.8 Å². The smallest absolute Gasteiger partial charge is 0.261 e. The molecule has 0 aliphatic heterocycles. The molecule has 0 aromatic heterocycles. The minimum absolute atomic E-state index is 0.0928. The standard InChI is InChI=1S/C20H17FN2O3S/c1-26-19-10-2-15(3-11-19)14-22-17-8-12-20(13-9-17)27(24,25)23-18-6-4-16(21)5-7-18/h2-14,23H,1H3. The molecule has 0 heterocycles. The number of rotatable bonds is 6. The van der Waals surface area contributed by atoms with Crippen LogP contribution in [0.5, 0.6) is 5.75 Å². The first-order chi connectivity index (χ1) is 13.0. The first-order valence-electron chi connectivity index (χ1n) is 8.03. The van der Waals surface area contributed by atoms with Crippen LogP contribution in [0.3, 0.4) is 0 Å². The quantitative estimate of drug-likeness (QED) is 0.641. The molecule has 3 rings (SSSR count). The number of hydrogen-bond donors (Lipinski definition) is 1. The summed E-state index contributed by atoms with van der Waals surface area (Å²) in [6.07, 6.45) is 1.68. The highest BCUT2D eigenvalue weighted by Gasteiger charge is 2.13. The van der Waals surface area contributed by atoms with Gasteiger partial charge in [-0.15, -0.1) is 0 Å². The zero-order valence-corrected chi connectivity index (χ0v) is 15.3. The number of hydrogen-bond acceptors (Lipinski definition) is 4. The highest BCUT2D eigenvalue weighted by Crippen LogP contribution is 2.20. The Morgan fingerprint density at radius 3 is 2.15 bits per heavy atom. The minimum atomic E-state index is -3.76. The fraction of sp³-hybridized carbons (Fsp3) is 0.0500. The van der Waals surface area contributed by atoms with Gasteiger partial charge in [0, 0.05) is 11.9 Å². The van der Waals surface area contributed by atoms with Crippen LogP contribution in [0.1, 0.15) is 5.56 Å². The maximum atomic E-state index is 12.9. The molecule has 0 radical (unpaired) electrons. The monoisotopic (exact) mass is 384 g/mol. The molecule has 27 heavy (non-hydrogen) atoms. The average Bonchev–Trinajstić information content (AvgIpc) is 2.69. The average molecular weight is 384 g/mol. The van der Waals surface area contributed by atoms with E-state index in [1.54, 1.807) is 25.5 Å². The van der Waals surface area contributed by atoms with Crippen molar-refractivity contribution in [1.29, 1.82) is 0 Å². The second-order valence-corrected chi connectivity index (χ2v) is 7.32. The van der Waals surface area contributed by atoms with Gasteiger partial charge in [0.15, 0.2) is 0 Å². The zero-order valence-electron chi connectivity index (χ0n) is 14.5. The molecule has 0 fully saturated rings. The van der Waals surface area contributed by atoms with E-state index in [0.29, 0.717) is 5.69 Å². The molecule has 0 saturated carbocycles. The van der Waals surface area contributed by atoms with Crippen molar-refractivity contribution in [3.05, 3.63) is 84.2 Å². The summed E-state index contributed by atoms with van der Waals surface area (Å²) < 4.78 is 45.2. The van der Waals surface area contributed by atoms with E-state index >= 15 is 0 Å². The van der Waals surface area contributed by atoms with Crippen molar-refractivity contribution < 1.29 is 17.5 Å². The molecule has 3 aromatic carbocycles. The number of sulfonamides is 1. The lowest BCUT2D eigenvalue weighted by molar-refractivity contribution is 0.415. The predicted molar refractivity (Wildman–Crippen MR) is 104 cm³/mol. The number of benzene rings is 3. The molecule has 3 aromatic rings. The van der Waals surface area contributed by atoms with Gasteiger partial charge in [0.1, 0.15) is 11.6 Å². The maximum absolute atomic E-state index is 12.9. The Bertz CT molecular complexity index is 1030. The van der Waals surface area contributed by atoms with Crippen LogP contribution in [-0.4, -0.2) is 21.7 Å². The van der Waals surface area contributed by atoms with Crippen molar-refractivity contribution >= 4 is 27.6 Å². The Morgan fingerprint density at radius 1 is 0.926 bits per heavy atom. The summed E-state index contributed by atoms with van der Waals surface area (Å²) in [6, 6.07) is 18.7. The van der Waals surface area contributed by atoms with E-state index in [4.69, 9.17) is 4.74 Å². The summed E-state index contributed by atoms with van der Waals surface area (Å²) >= 11 is 0. The van der Waals surface area contributed by atoms with Crippen LogP contribution in [0.15, 0.2) is 82.7 Å². The number of halogens is 1. The molecule has 0 aliphatic carbocycles. The van der Waals surface area contributed by atoms with Crippen molar-refractivity contribution in [2.75, 3.05) is 11.8 Å². The molecule has 0 unspecified atom stereocenters. The Kier molecular flexibility index (Phi) is 5.52. The summed E-state index contributed by atoms with van der Waals surface area (Å²) in [5.41, 5.74) is 1.80. The molecule has 0 spiro atoms. The van der Waals surface area contributed by atoms with E-state index in [1.165, 1.54) is 36.4 Å². The number of nitrogens with one attached hydrogen (secondary N) is 1. The van der Waals surface area contributed by atoms with Crippen LogP contribution >= 0.6 is 0 Å². The van der Waals surface area contributed by atoms with Crippen molar-refractivity contribution in [2.24, 2.45) is 4.99 Å². The van der Waals surface area contributed by atoms with Gasteiger partial charge >= 0.3 is 0 Å². The lowest BCUT2D eigenvalue weighted by Crippen LogP contribution is -2.12. The summed E-state index contributed by atoms with van der Waals surface area (Å²) in [5, 5.41) is 0. The van der Waals surface area contributed by atoms with Crippen LogP contribution in [0.25, 0.3) is 0 Å². The third kappa shape index (κ3) is 4.92. The summed E-state index contributed by atoms with van der Waals surface area (Å²) in [6.45, 7) is 0. The number of ether oxygens (including phenoxy) is 1. The van der Waals surface area contributed by atoms with E-state index < -0.39 is 15.8 Å². The van der Waals surface area contributed by atoms with Gasteiger partial charge < -0.3 is 4.74 Å². The number of aliphatic imine (C=N–C) groups is 1. The lowest BCUT2D eigenvalue weighted by atomic mass is 10.2. The Balaban J connectivity index is 1.71. The fourth-order valence-electron chi connectivity index (χ4n) is 2.28. The second-order valence-electron chi connectivity index (χ2n) is 5.64. The van der Waals surface area contributed by atoms with Crippen LogP contribution in [-0.2, 0) is 10.0 Å². The van der Waals surface area contributed by atoms with E-state index in [2.05, 4.69) is 9.71 Å². The molecule has 7 heteroatoms. The van der Waals surface area contributed by atoms with Crippen molar-refractivity contribution in [3.8, 4) is 5.75 Å². The van der Waals surface area contributed by atoms with Gasteiger partial charge in [0.05, 0.1) is 17.7 Å². The molecule has 1 N–H and O–H groups in total. The molecule has 0 bridgehead atoms. The van der Waals surface area contributed by atoms with Crippen molar-refractivity contribution in [2.45, 2.75) is 4.90 Å². The zero-order chi connectivity index (χ0) is 19.3. The molecule has 0 aliphatic rings. The van der Waals surface area contributed by atoms with Gasteiger partial charge in [-0.2, -0.15) is 0 Å². The SMILES string of the molecule is COc1ccc(C=Nc2ccc(S(=O)(=O)Nc3ccc(F)cc3)cc2)cc1. The molecule has 138 valence electrons. The van der Waals surface area contributed by atoms with Gasteiger partial charge in [-0.25, -0.2) is 12.8 Å².